The average molecular weight is 267 g/mol. The lowest BCUT2D eigenvalue weighted by molar-refractivity contribution is 0.0633. The summed E-state index contributed by atoms with van der Waals surface area (Å²) in [6.45, 7) is 0.0752. The van der Waals surface area contributed by atoms with Crippen LogP contribution < -0.4 is 0 Å². The summed E-state index contributed by atoms with van der Waals surface area (Å²) in [5.74, 6) is -1.35. The van der Waals surface area contributed by atoms with Crippen LogP contribution in [0.5, 0.6) is 5.75 Å². The number of rotatable bonds is 4. The van der Waals surface area contributed by atoms with Crippen LogP contribution >= 0.6 is 0 Å². The summed E-state index contributed by atoms with van der Waals surface area (Å²) in [5.41, 5.74) is -0.0573. The summed E-state index contributed by atoms with van der Waals surface area (Å²) >= 11 is 0. The number of halogens is 1. The van der Waals surface area contributed by atoms with E-state index in [0.29, 0.717) is 0 Å². The molecule has 1 amide bonds. The Hall–Kier alpha value is -1.62. The molecule has 1 aliphatic carbocycles. The number of aliphatic hydroxyl groups is 1. The molecule has 2 rings (SSSR count). The highest BCUT2D eigenvalue weighted by atomic mass is 19.1. The molecule has 1 aromatic carbocycles. The van der Waals surface area contributed by atoms with E-state index in [0.717, 1.165) is 31.7 Å². The lowest BCUT2D eigenvalue weighted by Gasteiger charge is -2.28. The van der Waals surface area contributed by atoms with Crippen LogP contribution in [0, 0.1) is 5.82 Å². The average Bonchev–Trinajstić information content (AvgIpc) is 2.89. The number of hydrogen-bond acceptors (Lipinski definition) is 3. The molecular weight excluding hydrogens is 249 g/mol. The van der Waals surface area contributed by atoms with E-state index in [1.165, 1.54) is 12.1 Å². The zero-order valence-electron chi connectivity index (χ0n) is 10.7. The van der Waals surface area contributed by atoms with Gasteiger partial charge in [-0.3, -0.25) is 4.79 Å². The maximum atomic E-state index is 13.7. The first-order valence-electron chi connectivity index (χ1n) is 6.54. The van der Waals surface area contributed by atoms with Gasteiger partial charge in [-0.05, 0) is 25.0 Å². The van der Waals surface area contributed by atoms with Crippen LogP contribution in [0.1, 0.15) is 36.0 Å². The molecule has 1 aliphatic rings. The number of carbonyl (C=O) groups excluding carboxylic acids is 1. The Kier molecular flexibility index (Phi) is 4.37. The molecule has 0 heterocycles. The Bertz CT molecular complexity index is 458. The van der Waals surface area contributed by atoms with E-state index >= 15 is 0 Å². The van der Waals surface area contributed by atoms with Crippen molar-refractivity contribution in [2.75, 3.05) is 13.2 Å². The van der Waals surface area contributed by atoms with Crippen LogP contribution in [-0.4, -0.2) is 40.2 Å². The van der Waals surface area contributed by atoms with Gasteiger partial charge in [0.05, 0.1) is 12.2 Å². The van der Waals surface area contributed by atoms with Gasteiger partial charge >= 0.3 is 0 Å². The third-order valence-electron chi connectivity index (χ3n) is 3.55. The van der Waals surface area contributed by atoms with Crippen LogP contribution in [0.3, 0.4) is 0 Å². The Morgan fingerprint density at radius 1 is 1.37 bits per heavy atom. The summed E-state index contributed by atoms with van der Waals surface area (Å²) in [4.78, 5) is 13.9. The van der Waals surface area contributed by atoms with Crippen molar-refractivity contribution < 1.29 is 19.4 Å². The highest BCUT2D eigenvalue weighted by Crippen LogP contribution is 2.26. The molecule has 0 aliphatic heterocycles. The third-order valence-corrected chi connectivity index (χ3v) is 3.55. The van der Waals surface area contributed by atoms with Crippen molar-refractivity contribution in [2.45, 2.75) is 31.7 Å². The minimum absolute atomic E-state index is 0.0573. The number of phenols is 1. The van der Waals surface area contributed by atoms with E-state index in [-0.39, 0.29) is 30.5 Å². The van der Waals surface area contributed by atoms with E-state index in [9.17, 15) is 9.18 Å². The molecule has 2 N–H and O–H groups in total. The summed E-state index contributed by atoms with van der Waals surface area (Å²) in [6.07, 6.45) is 3.90. The van der Waals surface area contributed by atoms with Crippen molar-refractivity contribution in [1.82, 2.24) is 4.90 Å². The van der Waals surface area contributed by atoms with Gasteiger partial charge in [-0.25, -0.2) is 4.39 Å². The standard InChI is InChI=1S/C14H18FNO3/c15-13-9-11(18)5-6-12(13)14(19)16(7-8-17)10-3-1-2-4-10/h5-6,9-10,17-18H,1-4,7-8H2. The molecule has 0 aromatic heterocycles. The number of nitrogens with zero attached hydrogens (tertiary/aromatic N) is 1. The first-order chi connectivity index (χ1) is 9.13. The summed E-state index contributed by atoms with van der Waals surface area (Å²) in [6, 6.07) is 3.58. The Morgan fingerprint density at radius 3 is 2.63 bits per heavy atom. The first-order valence-corrected chi connectivity index (χ1v) is 6.54. The van der Waals surface area contributed by atoms with Crippen LogP contribution in [0.15, 0.2) is 18.2 Å². The summed E-state index contributed by atoms with van der Waals surface area (Å²) < 4.78 is 13.7. The van der Waals surface area contributed by atoms with E-state index in [1.807, 2.05) is 0 Å². The van der Waals surface area contributed by atoms with Gasteiger partial charge in [0.1, 0.15) is 11.6 Å². The van der Waals surface area contributed by atoms with E-state index in [4.69, 9.17) is 10.2 Å². The maximum Gasteiger partial charge on any atom is 0.257 e. The quantitative estimate of drug-likeness (QED) is 0.876. The number of aliphatic hydroxyl groups excluding tert-OH is 1. The summed E-state index contributed by atoms with van der Waals surface area (Å²) in [7, 11) is 0. The molecule has 19 heavy (non-hydrogen) atoms. The molecule has 1 saturated carbocycles. The van der Waals surface area contributed by atoms with Crippen molar-refractivity contribution in [3.8, 4) is 5.75 Å². The van der Waals surface area contributed by atoms with Gasteiger partial charge < -0.3 is 15.1 Å². The zero-order chi connectivity index (χ0) is 13.8. The number of aromatic hydroxyl groups is 1. The van der Waals surface area contributed by atoms with Crippen LogP contribution in [0.2, 0.25) is 0 Å². The number of carbonyl (C=O) groups is 1. The fourth-order valence-corrected chi connectivity index (χ4v) is 2.61. The SMILES string of the molecule is O=C(c1ccc(O)cc1F)N(CCO)C1CCCC1. The van der Waals surface area contributed by atoms with Gasteiger partial charge in [0.15, 0.2) is 0 Å². The molecule has 0 unspecified atom stereocenters. The van der Waals surface area contributed by atoms with Crippen LogP contribution in [0.25, 0.3) is 0 Å². The molecule has 0 saturated heterocycles. The van der Waals surface area contributed by atoms with Crippen molar-refractivity contribution in [3.05, 3.63) is 29.6 Å². The lowest BCUT2D eigenvalue weighted by Crippen LogP contribution is -2.41. The van der Waals surface area contributed by atoms with E-state index in [1.54, 1.807) is 4.90 Å². The number of phenolic OH excluding ortho intramolecular Hbond substituents is 1. The second kappa shape index (κ2) is 6.02. The van der Waals surface area contributed by atoms with Crippen LogP contribution in [0.4, 0.5) is 4.39 Å². The van der Waals surface area contributed by atoms with Crippen molar-refractivity contribution >= 4 is 5.91 Å². The number of benzene rings is 1. The fourth-order valence-electron chi connectivity index (χ4n) is 2.61. The lowest BCUT2D eigenvalue weighted by atomic mass is 10.1. The van der Waals surface area contributed by atoms with Gasteiger partial charge in [0.25, 0.3) is 5.91 Å². The fraction of sp³-hybridized carbons (Fsp3) is 0.500. The second-order valence-corrected chi connectivity index (χ2v) is 4.82. The molecule has 0 bridgehead atoms. The molecule has 5 heteroatoms. The van der Waals surface area contributed by atoms with Crippen molar-refractivity contribution in [3.63, 3.8) is 0 Å². The van der Waals surface area contributed by atoms with Crippen LogP contribution in [-0.2, 0) is 0 Å². The smallest absolute Gasteiger partial charge is 0.257 e. The molecule has 104 valence electrons. The maximum absolute atomic E-state index is 13.7. The number of amides is 1. The second-order valence-electron chi connectivity index (χ2n) is 4.82. The zero-order valence-corrected chi connectivity index (χ0v) is 10.7. The van der Waals surface area contributed by atoms with Gasteiger partial charge in [0.2, 0.25) is 0 Å². The van der Waals surface area contributed by atoms with Gasteiger partial charge in [-0.1, -0.05) is 12.8 Å². The highest BCUT2D eigenvalue weighted by molar-refractivity contribution is 5.94. The molecular formula is C14H18FNO3. The van der Waals surface area contributed by atoms with Gasteiger partial charge in [-0.15, -0.1) is 0 Å². The Morgan fingerprint density at radius 2 is 2.05 bits per heavy atom. The molecule has 0 radical (unpaired) electrons. The predicted octanol–water partition coefficient (Wildman–Crippen LogP) is 1.91. The van der Waals surface area contributed by atoms with Gasteiger partial charge in [0, 0.05) is 18.7 Å². The Balaban J connectivity index is 2.22. The monoisotopic (exact) mass is 267 g/mol. The third kappa shape index (κ3) is 3.04. The molecule has 1 fully saturated rings. The normalized spacial score (nSPS) is 15.7. The highest BCUT2D eigenvalue weighted by Gasteiger charge is 2.28. The number of hydrogen-bond donors (Lipinski definition) is 2. The first kappa shape index (κ1) is 13.8. The van der Waals surface area contributed by atoms with E-state index in [2.05, 4.69) is 0 Å². The largest absolute Gasteiger partial charge is 0.508 e. The van der Waals surface area contributed by atoms with Crippen molar-refractivity contribution in [2.24, 2.45) is 0 Å². The summed E-state index contributed by atoms with van der Waals surface area (Å²) in [5, 5.41) is 18.2. The van der Waals surface area contributed by atoms with E-state index < -0.39 is 11.7 Å². The minimum Gasteiger partial charge on any atom is -0.508 e. The van der Waals surface area contributed by atoms with Gasteiger partial charge in [-0.2, -0.15) is 0 Å². The topological polar surface area (TPSA) is 60.8 Å². The molecule has 4 nitrogen and oxygen atoms in total. The molecule has 1 aromatic rings. The molecule has 0 atom stereocenters. The molecule has 0 spiro atoms. The minimum atomic E-state index is -0.731. The Labute approximate surface area is 111 Å². The van der Waals surface area contributed by atoms with Crippen molar-refractivity contribution in [1.29, 1.82) is 0 Å². The predicted molar refractivity (Wildman–Crippen MR) is 68.4 cm³/mol.